The smallest absolute Gasteiger partial charge is 0.0547 e. The van der Waals surface area contributed by atoms with Crippen molar-refractivity contribution in [3.8, 4) is 0 Å². The van der Waals surface area contributed by atoms with Crippen molar-refractivity contribution in [2.75, 3.05) is 11.4 Å². The van der Waals surface area contributed by atoms with Gasteiger partial charge in [0.2, 0.25) is 0 Å². The SMILES string of the molecule is C=C/C=C(/Br)CN(c1ccccc1)c1ccccc1. The molecule has 0 bridgehead atoms. The Hall–Kier alpha value is -1.80. The maximum absolute atomic E-state index is 3.73. The van der Waals surface area contributed by atoms with Crippen LogP contribution in [-0.4, -0.2) is 6.54 Å². The van der Waals surface area contributed by atoms with E-state index < -0.39 is 0 Å². The van der Waals surface area contributed by atoms with Crippen molar-refractivity contribution in [3.05, 3.63) is 83.9 Å². The molecule has 0 saturated heterocycles. The first kappa shape index (κ1) is 13.6. The highest BCUT2D eigenvalue weighted by Gasteiger charge is 2.09. The van der Waals surface area contributed by atoms with Gasteiger partial charge in [-0.1, -0.05) is 71.1 Å². The zero-order chi connectivity index (χ0) is 13.5. The van der Waals surface area contributed by atoms with Gasteiger partial charge in [-0.15, -0.1) is 0 Å². The molecule has 0 aromatic heterocycles. The second-order valence-electron chi connectivity index (χ2n) is 4.11. The van der Waals surface area contributed by atoms with Crippen molar-refractivity contribution >= 4 is 27.3 Å². The third kappa shape index (κ3) is 3.83. The number of benzene rings is 2. The van der Waals surface area contributed by atoms with E-state index in [1.807, 2.05) is 18.2 Å². The molecule has 0 aliphatic carbocycles. The molecule has 1 nitrogen and oxygen atoms in total. The molecule has 0 radical (unpaired) electrons. The average molecular weight is 314 g/mol. The lowest BCUT2D eigenvalue weighted by Crippen LogP contribution is -2.18. The number of anilines is 2. The van der Waals surface area contributed by atoms with Crippen molar-refractivity contribution < 1.29 is 0 Å². The summed E-state index contributed by atoms with van der Waals surface area (Å²) in [5.74, 6) is 0. The summed E-state index contributed by atoms with van der Waals surface area (Å²) in [5.41, 5.74) is 2.34. The van der Waals surface area contributed by atoms with Crippen LogP contribution in [0.4, 0.5) is 11.4 Å². The molecule has 0 atom stereocenters. The fraction of sp³-hybridized carbons (Fsp3) is 0.0588. The Morgan fingerprint density at radius 3 is 1.84 bits per heavy atom. The summed E-state index contributed by atoms with van der Waals surface area (Å²) in [4.78, 5) is 2.25. The fourth-order valence-electron chi connectivity index (χ4n) is 1.88. The van der Waals surface area contributed by atoms with E-state index in [4.69, 9.17) is 0 Å². The minimum Gasteiger partial charge on any atom is -0.336 e. The molecule has 0 heterocycles. The summed E-state index contributed by atoms with van der Waals surface area (Å²) in [6, 6.07) is 20.7. The van der Waals surface area contributed by atoms with E-state index in [1.54, 1.807) is 6.08 Å². The van der Waals surface area contributed by atoms with E-state index >= 15 is 0 Å². The number of rotatable bonds is 5. The lowest BCUT2D eigenvalue weighted by Gasteiger charge is -2.24. The van der Waals surface area contributed by atoms with Crippen molar-refractivity contribution in [2.24, 2.45) is 0 Å². The molecule has 0 fully saturated rings. The maximum Gasteiger partial charge on any atom is 0.0547 e. The number of para-hydroxylation sites is 2. The molecule has 2 aromatic rings. The van der Waals surface area contributed by atoms with E-state index in [1.165, 1.54) is 11.4 Å². The van der Waals surface area contributed by atoms with Gasteiger partial charge in [0.05, 0.1) is 6.54 Å². The molecule has 2 aromatic carbocycles. The molecule has 19 heavy (non-hydrogen) atoms. The summed E-state index contributed by atoms with van der Waals surface area (Å²) in [7, 11) is 0. The standard InChI is InChI=1S/C17H16BrN/c1-2-9-15(18)14-19(16-10-5-3-6-11-16)17-12-7-4-8-13-17/h2-13H,1,14H2/b15-9+. The van der Waals surface area contributed by atoms with E-state index in [2.05, 4.69) is 75.9 Å². The van der Waals surface area contributed by atoms with Gasteiger partial charge in [-0.2, -0.15) is 0 Å². The largest absolute Gasteiger partial charge is 0.336 e. The monoisotopic (exact) mass is 313 g/mol. The molecular formula is C17H16BrN. The van der Waals surface area contributed by atoms with Gasteiger partial charge in [-0.25, -0.2) is 0 Å². The molecule has 2 rings (SSSR count). The van der Waals surface area contributed by atoms with E-state index in [0.717, 1.165) is 11.0 Å². The van der Waals surface area contributed by atoms with Crippen LogP contribution in [0.25, 0.3) is 0 Å². The highest BCUT2D eigenvalue weighted by molar-refractivity contribution is 9.11. The molecular weight excluding hydrogens is 298 g/mol. The van der Waals surface area contributed by atoms with Crippen molar-refractivity contribution in [3.63, 3.8) is 0 Å². The van der Waals surface area contributed by atoms with Crippen LogP contribution in [0.5, 0.6) is 0 Å². The van der Waals surface area contributed by atoms with Gasteiger partial charge in [0.25, 0.3) is 0 Å². The quantitative estimate of drug-likeness (QED) is 0.678. The van der Waals surface area contributed by atoms with Crippen LogP contribution in [0, 0.1) is 0 Å². The van der Waals surface area contributed by atoms with Gasteiger partial charge < -0.3 is 4.90 Å². The number of hydrogen-bond donors (Lipinski definition) is 0. The molecule has 96 valence electrons. The Labute approximate surface area is 123 Å². The first-order chi connectivity index (χ1) is 9.31. The Balaban J connectivity index is 2.34. The van der Waals surface area contributed by atoms with E-state index in [9.17, 15) is 0 Å². The van der Waals surface area contributed by atoms with Crippen LogP contribution >= 0.6 is 15.9 Å². The Bertz CT molecular complexity index is 506. The van der Waals surface area contributed by atoms with Crippen LogP contribution in [0.2, 0.25) is 0 Å². The summed E-state index contributed by atoms with van der Waals surface area (Å²) >= 11 is 3.58. The van der Waals surface area contributed by atoms with Crippen molar-refractivity contribution in [1.29, 1.82) is 0 Å². The van der Waals surface area contributed by atoms with Gasteiger partial charge in [-0.3, -0.25) is 0 Å². The normalized spacial score (nSPS) is 11.1. The molecule has 0 aliphatic rings. The first-order valence-electron chi connectivity index (χ1n) is 6.16. The number of allylic oxidation sites excluding steroid dienone is 2. The third-order valence-electron chi connectivity index (χ3n) is 2.74. The van der Waals surface area contributed by atoms with Gasteiger partial charge in [0.1, 0.15) is 0 Å². The minimum absolute atomic E-state index is 0.778. The van der Waals surface area contributed by atoms with Gasteiger partial charge in [-0.05, 0) is 24.3 Å². The molecule has 0 spiro atoms. The van der Waals surface area contributed by atoms with Crippen molar-refractivity contribution in [1.82, 2.24) is 0 Å². The van der Waals surface area contributed by atoms with Crippen LogP contribution in [0.3, 0.4) is 0 Å². The molecule has 0 N–H and O–H groups in total. The van der Waals surface area contributed by atoms with Crippen LogP contribution in [-0.2, 0) is 0 Å². The number of nitrogens with zero attached hydrogens (tertiary/aromatic N) is 1. The molecule has 0 saturated carbocycles. The fourth-order valence-corrected chi connectivity index (χ4v) is 2.32. The summed E-state index contributed by atoms with van der Waals surface area (Å²) in [6.45, 7) is 4.51. The Morgan fingerprint density at radius 1 is 0.947 bits per heavy atom. The Kier molecular flexibility index (Phi) is 4.99. The third-order valence-corrected chi connectivity index (χ3v) is 3.26. The second-order valence-corrected chi connectivity index (χ2v) is 5.13. The molecule has 0 amide bonds. The summed E-state index contributed by atoms with van der Waals surface area (Å²) in [6.07, 6.45) is 3.76. The summed E-state index contributed by atoms with van der Waals surface area (Å²) in [5, 5.41) is 0. The maximum atomic E-state index is 3.73. The summed E-state index contributed by atoms with van der Waals surface area (Å²) < 4.78 is 1.09. The zero-order valence-electron chi connectivity index (χ0n) is 10.7. The predicted octanol–water partition coefficient (Wildman–Crippen LogP) is 5.29. The minimum atomic E-state index is 0.778. The topological polar surface area (TPSA) is 3.24 Å². The lowest BCUT2D eigenvalue weighted by molar-refractivity contribution is 1.09. The molecule has 0 unspecified atom stereocenters. The van der Waals surface area contributed by atoms with Crippen LogP contribution in [0.1, 0.15) is 0 Å². The molecule has 0 aliphatic heterocycles. The van der Waals surface area contributed by atoms with Crippen LogP contribution in [0.15, 0.2) is 83.9 Å². The van der Waals surface area contributed by atoms with Gasteiger partial charge in [0.15, 0.2) is 0 Å². The highest BCUT2D eigenvalue weighted by atomic mass is 79.9. The lowest BCUT2D eigenvalue weighted by atomic mass is 10.2. The number of hydrogen-bond acceptors (Lipinski definition) is 1. The average Bonchev–Trinajstić information content (AvgIpc) is 2.47. The predicted molar refractivity (Wildman–Crippen MR) is 87.1 cm³/mol. The van der Waals surface area contributed by atoms with Gasteiger partial charge in [0, 0.05) is 15.9 Å². The first-order valence-corrected chi connectivity index (χ1v) is 6.95. The van der Waals surface area contributed by atoms with Crippen LogP contribution < -0.4 is 4.90 Å². The van der Waals surface area contributed by atoms with Crippen molar-refractivity contribution in [2.45, 2.75) is 0 Å². The molecule has 2 heteroatoms. The number of halogens is 1. The van der Waals surface area contributed by atoms with Gasteiger partial charge >= 0.3 is 0 Å². The Morgan fingerprint density at radius 2 is 1.42 bits per heavy atom. The van der Waals surface area contributed by atoms with E-state index in [-0.39, 0.29) is 0 Å². The van der Waals surface area contributed by atoms with E-state index in [0.29, 0.717) is 0 Å². The second kappa shape index (κ2) is 6.95. The zero-order valence-corrected chi connectivity index (χ0v) is 12.3. The highest BCUT2D eigenvalue weighted by Crippen LogP contribution is 2.26.